The summed E-state index contributed by atoms with van der Waals surface area (Å²) in [5, 5.41) is 0. The Morgan fingerprint density at radius 2 is 1.56 bits per heavy atom. The van der Waals surface area contributed by atoms with E-state index in [1.54, 1.807) is 31.2 Å². The summed E-state index contributed by atoms with van der Waals surface area (Å²) in [6.45, 7) is 2.14. The van der Waals surface area contributed by atoms with Gasteiger partial charge in [-0.3, -0.25) is 0 Å². The molecule has 0 spiro atoms. The lowest BCUT2D eigenvalue weighted by Gasteiger charge is -2.15. The Morgan fingerprint density at radius 1 is 0.920 bits per heavy atom. The minimum atomic E-state index is -0.487. The maximum Gasteiger partial charge on any atom is 0.347 e. The van der Waals surface area contributed by atoms with Crippen LogP contribution in [0.25, 0.3) is 0 Å². The number of para-hydroxylation sites is 1. The van der Waals surface area contributed by atoms with Gasteiger partial charge in [-0.2, -0.15) is 0 Å². The molecule has 25 heavy (non-hydrogen) atoms. The lowest BCUT2D eigenvalue weighted by molar-refractivity contribution is 0.0729. The second kappa shape index (κ2) is 7.53. The second-order valence-corrected chi connectivity index (χ2v) is 5.63. The van der Waals surface area contributed by atoms with E-state index in [4.69, 9.17) is 15.2 Å². The molecular formula is C21H19NO3. The van der Waals surface area contributed by atoms with Gasteiger partial charge in [-0.05, 0) is 42.3 Å². The summed E-state index contributed by atoms with van der Waals surface area (Å²) in [5.74, 6) is 0.443. The van der Waals surface area contributed by atoms with Gasteiger partial charge in [0.25, 0.3) is 0 Å². The van der Waals surface area contributed by atoms with Gasteiger partial charge in [0.2, 0.25) is 0 Å². The molecule has 0 aliphatic rings. The number of carbonyl (C=O) groups is 1. The number of nitrogens with two attached hydrogens (primary N) is 1. The van der Waals surface area contributed by atoms with E-state index in [-0.39, 0.29) is 0 Å². The van der Waals surface area contributed by atoms with Gasteiger partial charge in [0.1, 0.15) is 23.7 Å². The summed E-state index contributed by atoms with van der Waals surface area (Å²) in [6.07, 6.45) is 0. The molecule has 4 heteroatoms. The smallest absolute Gasteiger partial charge is 0.347 e. The average molecular weight is 333 g/mol. The number of esters is 1. The fourth-order valence-corrected chi connectivity index (χ4v) is 2.46. The molecule has 3 rings (SSSR count). The molecule has 0 aliphatic carbocycles. The molecule has 4 nitrogen and oxygen atoms in total. The van der Waals surface area contributed by atoms with E-state index in [2.05, 4.69) is 0 Å². The van der Waals surface area contributed by atoms with Crippen molar-refractivity contribution in [3.05, 3.63) is 89.5 Å². The molecule has 0 atom stereocenters. The molecular weight excluding hydrogens is 314 g/mol. The van der Waals surface area contributed by atoms with Crippen molar-refractivity contribution in [3.63, 3.8) is 0 Å². The first kappa shape index (κ1) is 16.6. The highest BCUT2D eigenvalue weighted by molar-refractivity contribution is 5.97. The SMILES string of the molecule is Cc1c(N)ccc(OCc2ccccc2)c1C(=O)Oc1ccccc1. The zero-order valence-electron chi connectivity index (χ0n) is 13.9. The molecule has 0 fully saturated rings. The number of carbonyl (C=O) groups excluding carboxylic acids is 1. The number of ether oxygens (including phenoxy) is 2. The van der Waals surface area contributed by atoms with Gasteiger partial charge in [-0.25, -0.2) is 4.79 Å². The minimum absolute atomic E-state index is 0.347. The van der Waals surface area contributed by atoms with Crippen molar-refractivity contribution in [3.8, 4) is 11.5 Å². The molecule has 0 amide bonds. The molecule has 0 unspecified atom stereocenters. The lowest BCUT2D eigenvalue weighted by atomic mass is 10.1. The summed E-state index contributed by atoms with van der Waals surface area (Å²) in [6, 6.07) is 22.1. The Kier molecular flexibility index (Phi) is 5.00. The van der Waals surface area contributed by atoms with Crippen LogP contribution < -0.4 is 15.2 Å². The predicted octanol–water partition coefficient (Wildman–Crippen LogP) is 4.38. The Bertz CT molecular complexity index is 861. The van der Waals surface area contributed by atoms with Crippen LogP contribution in [0.5, 0.6) is 11.5 Å². The van der Waals surface area contributed by atoms with Gasteiger partial charge in [0.05, 0.1) is 0 Å². The van der Waals surface area contributed by atoms with Crippen LogP contribution >= 0.6 is 0 Å². The zero-order chi connectivity index (χ0) is 17.6. The number of hydrogen-bond donors (Lipinski definition) is 1. The summed E-state index contributed by atoms with van der Waals surface area (Å²) < 4.78 is 11.3. The molecule has 0 aromatic heterocycles. The largest absolute Gasteiger partial charge is 0.488 e. The van der Waals surface area contributed by atoms with Crippen molar-refractivity contribution < 1.29 is 14.3 Å². The van der Waals surface area contributed by atoms with Crippen LogP contribution in [-0.2, 0) is 6.61 Å². The summed E-state index contributed by atoms with van der Waals surface area (Å²) in [7, 11) is 0. The number of benzene rings is 3. The molecule has 126 valence electrons. The highest BCUT2D eigenvalue weighted by Crippen LogP contribution is 2.29. The van der Waals surface area contributed by atoms with E-state index >= 15 is 0 Å². The Balaban J connectivity index is 1.86. The van der Waals surface area contributed by atoms with Crippen LogP contribution in [0.3, 0.4) is 0 Å². The van der Waals surface area contributed by atoms with Crippen molar-refractivity contribution in [1.82, 2.24) is 0 Å². The molecule has 0 radical (unpaired) electrons. The first-order chi connectivity index (χ1) is 12.1. The first-order valence-electron chi connectivity index (χ1n) is 7.98. The van der Waals surface area contributed by atoms with Crippen LogP contribution in [0.4, 0.5) is 5.69 Å². The molecule has 3 aromatic rings. The highest BCUT2D eigenvalue weighted by Gasteiger charge is 2.20. The molecule has 0 saturated carbocycles. The van der Waals surface area contributed by atoms with Crippen molar-refractivity contribution in [1.29, 1.82) is 0 Å². The fraction of sp³-hybridized carbons (Fsp3) is 0.0952. The number of anilines is 1. The Hall–Kier alpha value is -3.27. The third-order valence-corrected chi connectivity index (χ3v) is 3.86. The van der Waals surface area contributed by atoms with Gasteiger partial charge in [0.15, 0.2) is 0 Å². The van der Waals surface area contributed by atoms with Crippen LogP contribution in [0.1, 0.15) is 21.5 Å². The zero-order valence-corrected chi connectivity index (χ0v) is 13.9. The lowest BCUT2D eigenvalue weighted by Crippen LogP contribution is -2.14. The number of nitrogen functional groups attached to an aromatic ring is 1. The molecule has 0 saturated heterocycles. The Labute approximate surface area is 146 Å². The Morgan fingerprint density at radius 3 is 2.24 bits per heavy atom. The van der Waals surface area contributed by atoms with Crippen LogP contribution in [-0.4, -0.2) is 5.97 Å². The molecule has 0 bridgehead atoms. The van der Waals surface area contributed by atoms with Crippen LogP contribution in [0, 0.1) is 6.92 Å². The highest BCUT2D eigenvalue weighted by atomic mass is 16.5. The standard InChI is InChI=1S/C21H19NO3/c1-15-18(22)12-13-19(24-14-16-8-4-2-5-9-16)20(15)21(23)25-17-10-6-3-7-11-17/h2-13H,14,22H2,1H3. The van der Waals surface area contributed by atoms with Gasteiger partial charge >= 0.3 is 5.97 Å². The third-order valence-electron chi connectivity index (χ3n) is 3.86. The van der Waals surface area contributed by atoms with Crippen molar-refractivity contribution >= 4 is 11.7 Å². The fourth-order valence-electron chi connectivity index (χ4n) is 2.46. The van der Waals surface area contributed by atoms with E-state index in [1.165, 1.54) is 0 Å². The van der Waals surface area contributed by atoms with Crippen molar-refractivity contribution in [2.75, 3.05) is 5.73 Å². The van der Waals surface area contributed by atoms with E-state index in [0.29, 0.717) is 34.9 Å². The number of rotatable bonds is 5. The molecule has 0 aliphatic heterocycles. The summed E-state index contributed by atoms with van der Waals surface area (Å²) in [4.78, 5) is 12.7. The summed E-state index contributed by atoms with van der Waals surface area (Å²) in [5.41, 5.74) is 8.49. The van der Waals surface area contributed by atoms with E-state index in [1.807, 2.05) is 48.5 Å². The van der Waals surface area contributed by atoms with Gasteiger partial charge in [-0.1, -0.05) is 48.5 Å². The first-order valence-corrected chi connectivity index (χ1v) is 7.98. The molecule has 3 aromatic carbocycles. The maximum atomic E-state index is 12.7. The van der Waals surface area contributed by atoms with Crippen LogP contribution in [0.2, 0.25) is 0 Å². The van der Waals surface area contributed by atoms with Gasteiger partial charge < -0.3 is 15.2 Å². The van der Waals surface area contributed by atoms with Gasteiger partial charge in [-0.15, -0.1) is 0 Å². The van der Waals surface area contributed by atoms with E-state index in [0.717, 1.165) is 5.56 Å². The predicted molar refractivity (Wildman–Crippen MR) is 97.8 cm³/mol. The van der Waals surface area contributed by atoms with Crippen molar-refractivity contribution in [2.24, 2.45) is 0 Å². The minimum Gasteiger partial charge on any atom is -0.488 e. The monoisotopic (exact) mass is 333 g/mol. The molecule has 2 N–H and O–H groups in total. The van der Waals surface area contributed by atoms with Crippen molar-refractivity contribution in [2.45, 2.75) is 13.5 Å². The van der Waals surface area contributed by atoms with Crippen LogP contribution in [0.15, 0.2) is 72.8 Å². The van der Waals surface area contributed by atoms with E-state index in [9.17, 15) is 4.79 Å². The normalized spacial score (nSPS) is 10.3. The topological polar surface area (TPSA) is 61.5 Å². The average Bonchev–Trinajstić information content (AvgIpc) is 2.64. The number of hydrogen-bond acceptors (Lipinski definition) is 4. The van der Waals surface area contributed by atoms with E-state index < -0.39 is 5.97 Å². The third kappa shape index (κ3) is 3.98. The van der Waals surface area contributed by atoms with Gasteiger partial charge in [0, 0.05) is 5.69 Å². The molecule has 0 heterocycles. The quantitative estimate of drug-likeness (QED) is 0.428. The summed E-state index contributed by atoms with van der Waals surface area (Å²) >= 11 is 0. The second-order valence-electron chi connectivity index (χ2n) is 5.63. The maximum absolute atomic E-state index is 12.7.